The van der Waals surface area contributed by atoms with Crippen LogP contribution in [0.4, 0.5) is 0 Å². The molecule has 1 atom stereocenters. The molecular formula is C22H23N5O2. The summed E-state index contributed by atoms with van der Waals surface area (Å²) in [5.41, 5.74) is 2.06. The standard InChI is InChI=1S/C22H23N5O2/c1-16-25-26-22(29-16)19(17-8-3-2-4-9-17)14-21(28)23-12-7-11-20-24-15-18-10-5-6-13-27(18)20/h2-6,8-10,13,15,19H,7,11-12,14H2,1H3,(H,23,28). The van der Waals surface area contributed by atoms with Crippen LogP contribution in [0.25, 0.3) is 5.52 Å². The van der Waals surface area contributed by atoms with Crippen LogP contribution in [0.2, 0.25) is 0 Å². The van der Waals surface area contributed by atoms with E-state index in [1.54, 1.807) is 6.92 Å². The monoisotopic (exact) mass is 389 g/mol. The quantitative estimate of drug-likeness (QED) is 0.467. The van der Waals surface area contributed by atoms with E-state index >= 15 is 0 Å². The second kappa shape index (κ2) is 8.68. The molecule has 148 valence electrons. The molecule has 1 unspecified atom stereocenters. The highest BCUT2D eigenvalue weighted by Crippen LogP contribution is 2.26. The highest BCUT2D eigenvalue weighted by Gasteiger charge is 2.23. The van der Waals surface area contributed by atoms with Crippen LogP contribution >= 0.6 is 0 Å². The fourth-order valence-electron chi connectivity index (χ4n) is 3.40. The van der Waals surface area contributed by atoms with E-state index in [2.05, 4.69) is 24.9 Å². The summed E-state index contributed by atoms with van der Waals surface area (Å²) >= 11 is 0. The van der Waals surface area contributed by atoms with E-state index in [0.717, 1.165) is 29.7 Å². The summed E-state index contributed by atoms with van der Waals surface area (Å²) < 4.78 is 7.68. The molecule has 29 heavy (non-hydrogen) atoms. The Morgan fingerprint density at radius 3 is 2.76 bits per heavy atom. The minimum atomic E-state index is -0.256. The molecule has 0 aliphatic carbocycles. The van der Waals surface area contributed by atoms with Gasteiger partial charge < -0.3 is 14.1 Å². The molecule has 0 aliphatic heterocycles. The number of nitrogens with one attached hydrogen (secondary N) is 1. The summed E-state index contributed by atoms with van der Waals surface area (Å²) in [5.74, 6) is 1.66. The number of imidazole rings is 1. The number of hydrogen-bond donors (Lipinski definition) is 1. The molecule has 3 heterocycles. The molecule has 7 nitrogen and oxygen atoms in total. The number of amides is 1. The molecule has 0 saturated heterocycles. The Hall–Kier alpha value is -3.48. The first-order valence-electron chi connectivity index (χ1n) is 9.73. The summed E-state index contributed by atoms with van der Waals surface area (Å²) in [4.78, 5) is 17.0. The molecule has 7 heteroatoms. The van der Waals surface area contributed by atoms with Gasteiger partial charge in [-0.2, -0.15) is 0 Å². The lowest BCUT2D eigenvalue weighted by atomic mass is 9.95. The van der Waals surface area contributed by atoms with Crippen molar-refractivity contribution in [2.75, 3.05) is 6.54 Å². The predicted molar refractivity (Wildman–Crippen MR) is 108 cm³/mol. The van der Waals surface area contributed by atoms with Crippen molar-refractivity contribution >= 4 is 11.4 Å². The predicted octanol–water partition coefficient (Wildman–Crippen LogP) is 3.30. The number of pyridine rings is 1. The largest absolute Gasteiger partial charge is 0.425 e. The first kappa shape index (κ1) is 18.9. The molecule has 0 saturated carbocycles. The number of aromatic nitrogens is 4. The maximum atomic E-state index is 12.6. The van der Waals surface area contributed by atoms with Crippen LogP contribution in [0.15, 0.2) is 65.3 Å². The van der Waals surface area contributed by atoms with Gasteiger partial charge >= 0.3 is 0 Å². The fourth-order valence-corrected chi connectivity index (χ4v) is 3.40. The van der Waals surface area contributed by atoms with E-state index in [1.807, 2.05) is 60.9 Å². The summed E-state index contributed by atoms with van der Waals surface area (Å²) in [7, 11) is 0. The van der Waals surface area contributed by atoms with E-state index in [1.165, 1.54) is 0 Å². The maximum Gasteiger partial charge on any atom is 0.224 e. The fraction of sp³-hybridized carbons (Fsp3) is 0.273. The van der Waals surface area contributed by atoms with Crippen molar-refractivity contribution in [3.05, 3.63) is 84.1 Å². The summed E-state index contributed by atoms with van der Waals surface area (Å²) in [6.07, 6.45) is 5.74. The topological polar surface area (TPSA) is 85.3 Å². The molecule has 0 aliphatic rings. The van der Waals surface area contributed by atoms with Gasteiger partial charge in [0.15, 0.2) is 0 Å². The molecular weight excluding hydrogens is 366 g/mol. The molecule has 1 aromatic carbocycles. The van der Waals surface area contributed by atoms with Gasteiger partial charge in [-0.05, 0) is 24.1 Å². The third-order valence-electron chi connectivity index (χ3n) is 4.85. The van der Waals surface area contributed by atoms with Gasteiger partial charge in [-0.1, -0.05) is 36.4 Å². The van der Waals surface area contributed by atoms with E-state index in [0.29, 0.717) is 18.3 Å². The van der Waals surface area contributed by atoms with Crippen molar-refractivity contribution in [2.45, 2.75) is 32.1 Å². The van der Waals surface area contributed by atoms with Gasteiger partial charge in [0, 0.05) is 32.5 Å². The Morgan fingerprint density at radius 1 is 1.14 bits per heavy atom. The van der Waals surface area contributed by atoms with Crippen LogP contribution in [-0.4, -0.2) is 32.0 Å². The van der Waals surface area contributed by atoms with Crippen molar-refractivity contribution < 1.29 is 9.21 Å². The second-order valence-electron chi connectivity index (χ2n) is 6.95. The Morgan fingerprint density at radius 2 is 1.97 bits per heavy atom. The smallest absolute Gasteiger partial charge is 0.224 e. The zero-order valence-electron chi connectivity index (χ0n) is 16.3. The van der Waals surface area contributed by atoms with Crippen LogP contribution in [0.1, 0.15) is 41.9 Å². The molecule has 0 bridgehead atoms. The normalized spacial score (nSPS) is 12.2. The number of carbonyl (C=O) groups excluding carboxylic acids is 1. The van der Waals surface area contributed by atoms with Gasteiger partial charge in [-0.3, -0.25) is 4.79 Å². The number of nitrogens with zero attached hydrogens (tertiary/aromatic N) is 4. The van der Waals surface area contributed by atoms with Crippen molar-refractivity contribution in [3.63, 3.8) is 0 Å². The van der Waals surface area contributed by atoms with Crippen molar-refractivity contribution in [2.24, 2.45) is 0 Å². The SMILES string of the molecule is Cc1nnc(C(CC(=O)NCCCc2ncc3ccccn23)c2ccccc2)o1. The minimum Gasteiger partial charge on any atom is -0.425 e. The molecule has 4 rings (SSSR count). The zero-order chi connectivity index (χ0) is 20.1. The molecule has 0 radical (unpaired) electrons. The zero-order valence-corrected chi connectivity index (χ0v) is 16.3. The second-order valence-corrected chi connectivity index (χ2v) is 6.95. The third-order valence-corrected chi connectivity index (χ3v) is 4.85. The van der Waals surface area contributed by atoms with Crippen molar-refractivity contribution in [3.8, 4) is 0 Å². The summed E-state index contributed by atoms with van der Waals surface area (Å²) in [6.45, 7) is 2.34. The van der Waals surface area contributed by atoms with E-state index in [-0.39, 0.29) is 18.2 Å². The van der Waals surface area contributed by atoms with E-state index < -0.39 is 0 Å². The molecule has 3 aromatic heterocycles. The number of benzene rings is 1. The Balaban J connectivity index is 1.33. The van der Waals surface area contributed by atoms with Gasteiger partial charge in [0.05, 0.1) is 17.6 Å². The highest BCUT2D eigenvalue weighted by molar-refractivity contribution is 5.77. The van der Waals surface area contributed by atoms with E-state index in [4.69, 9.17) is 4.42 Å². The molecule has 0 spiro atoms. The van der Waals surface area contributed by atoms with Gasteiger partial charge in [-0.25, -0.2) is 4.98 Å². The lowest BCUT2D eigenvalue weighted by Gasteiger charge is -2.13. The average molecular weight is 389 g/mol. The molecule has 1 N–H and O–H groups in total. The maximum absolute atomic E-state index is 12.6. The lowest BCUT2D eigenvalue weighted by molar-refractivity contribution is -0.121. The number of hydrogen-bond acceptors (Lipinski definition) is 5. The van der Waals surface area contributed by atoms with Crippen LogP contribution in [0, 0.1) is 6.92 Å². The van der Waals surface area contributed by atoms with Gasteiger partial charge in [0.1, 0.15) is 5.82 Å². The number of rotatable bonds is 8. The highest BCUT2D eigenvalue weighted by atomic mass is 16.4. The van der Waals surface area contributed by atoms with Crippen LogP contribution in [0.3, 0.4) is 0 Å². The number of carbonyl (C=O) groups is 1. The first-order valence-corrected chi connectivity index (χ1v) is 9.73. The van der Waals surface area contributed by atoms with E-state index in [9.17, 15) is 4.79 Å². The third kappa shape index (κ3) is 4.51. The number of fused-ring (bicyclic) bond motifs is 1. The van der Waals surface area contributed by atoms with Crippen molar-refractivity contribution in [1.82, 2.24) is 24.9 Å². The minimum absolute atomic E-state index is 0.0392. The Labute approximate surface area is 168 Å². The average Bonchev–Trinajstić information content (AvgIpc) is 3.36. The Bertz CT molecular complexity index is 1090. The first-order chi connectivity index (χ1) is 14.2. The molecule has 0 fully saturated rings. The van der Waals surface area contributed by atoms with Crippen LogP contribution < -0.4 is 5.32 Å². The van der Waals surface area contributed by atoms with Crippen LogP contribution in [0.5, 0.6) is 0 Å². The van der Waals surface area contributed by atoms with Gasteiger partial charge in [0.25, 0.3) is 0 Å². The summed E-state index contributed by atoms with van der Waals surface area (Å²) in [5, 5.41) is 11.0. The van der Waals surface area contributed by atoms with Crippen molar-refractivity contribution in [1.29, 1.82) is 0 Å². The van der Waals surface area contributed by atoms with Gasteiger partial charge in [0.2, 0.25) is 17.7 Å². The van der Waals surface area contributed by atoms with Gasteiger partial charge in [-0.15, -0.1) is 10.2 Å². The Kier molecular flexibility index (Phi) is 5.65. The molecule has 1 amide bonds. The molecule has 4 aromatic rings. The summed E-state index contributed by atoms with van der Waals surface area (Å²) in [6, 6.07) is 15.8. The number of aryl methyl sites for hydroxylation is 2. The lowest BCUT2D eigenvalue weighted by Crippen LogP contribution is -2.27. The van der Waals surface area contributed by atoms with Crippen LogP contribution in [-0.2, 0) is 11.2 Å².